The quantitative estimate of drug-likeness (QED) is 0.512. The second-order valence-corrected chi connectivity index (χ2v) is 11.4. The summed E-state index contributed by atoms with van der Waals surface area (Å²) in [5.74, 6) is 4.54. The molecule has 0 aliphatic heterocycles. The van der Waals surface area contributed by atoms with Crippen molar-refractivity contribution in [1.29, 1.82) is 0 Å². The molecule has 0 amide bonds. The van der Waals surface area contributed by atoms with Crippen LogP contribution in [0.4, 0.5) is 0 Å². The zero-order valence-corrected chi connectivity index (χ0v) is 20.1. The van der Waals surface area contributed by atoms with Crippen molar-refractivity contribution in [2.24, 2.45) is 23.2 Å². The molecule has 5 nitrogen and oxygen atoms in total. The average molecular weight is 448 g/mol. The molecule has 0 bridgehead atoms. The summed E-state index contributed by atoms with van der Waals surface area (Å²) in [6, 6.07) is 6.69. The molecule has 33 heavy (non-hydrogen) atoms. The Morgan fingerprint density at radius 1 is 1.18 bits per heavy atom. The molecule has 0 unspecified atom stereocenters. The largest absolute Gasteiger partial charge is 0.497 e. The molecule has 0 saturated heterocycles. The number of rotatable bonds is 7. The lowest BCUT2D eigenvalue weighted by atomic mass is 9.54. The van der Waals surface area contributed by atoms with E-state index in [4.69, 9.17) is 4.74 Å². The molecule has 1 aromatic carbocycles. The van der Waals surface area contributed by atoms with Gasteiger partial charge >= 0.3 is 0 Å². The van der Waals surface area contributed by atoms with E-state index in [1.54, 1.807) is 7.11 Å². The minimum absolute atomic E-state index is 0.0964. The van der Waals surface area contributed by atoms with Crippen molar-refractivity contribution in [1.82, 2.24) is 15.0 Å². The maximum Gasteiger partial charge on any atom is 0.139 e. The highest BCUT2D eigenvalue weighted by molar-refractivity contribution is 5.87. The van der Waals surface area contributed by atoms with Gasteiger partial charge in [-0.25, -0.2) is 0 Å². The Morgan fingerprint density at radius 3 is 2.88 bits per heavy atom. The van der Waals surface area contributed by atoms with Crippen LogP contribution in [-0.2, 0) is 17.8 Å². The van der Waals surface area contributed by atoms with E-state index in [1.807, 2.05) is 4.68 Å². The van der Waals surface area contributed by atoms with Gasteiger partial charge < -0.3 is 4.74 Å². The van der Waals surface area contributed by atoms with Crippen molar-refractivity contribution in [2.75, 3.05) is 7.11 Å². The van der Waals surface area contributed by atoms with Crippen molar-refractivity contribution >= 4 is 5.78 Å². The predicted molar refractivity (Wildman–Crippen MR) is 127 cm³/mol. The molecule has 5 heteroatoms. The molecule has 4 aliphatic rings. The van der Waals surface area contributed by atoms with Crippen molar-refractivity contribution in [3.8, 4) is 5.75 Å². The molecule has 0 spiro atoms. The van der Waals surface area contributed by atoms with Crippen LogP contribution in [0, 0.1) is 23.2 Å². The number of methoxy groups -OCH3 is 1. The number of ether oxygens (including phenoxy) is 1. The smallest absolute Gasteiger partial charge is 0.139 e. The maximum absolute atomic E-state index is 13.2. The standard InChI is InChI=1S/C28H37N3O2/c1-28-13-12-23-22-11-9-21(33-2)15-19(22)8-10-24(23)27(28)20(16-26(28)32)5-3-4-14-31-17-25(29-30-31)18-6-7-18/h9,11,15,17-18,20,23-24,27H,3-8,10,12-14,16H2,1-2H3/t20-,23-,24-,27+,28-/m1/s1. The number of aromatic nitrogens is 3. The van der Waals surface area contributed by atoms with E-state index in [9.17, 15) is 4.79 Å². The Bertz CT molecular complexity index is 1040. The summed E-state index contributed by atoms with van der Waals surface area (Å²) < 4.78 is 7.51. The zero-order valence-electron chi connectivity index (χ0n) is 20.1. The van der Waals surface area contributed by atoms with Crippen molar-refractivity contribution in [2.45, 2.75) is 89.5 Å². The first-order chi connectivity index (χ1) is 16.1. The van der Waals surface area contributed by atoms with Crippen LogP contribution in [0.5, 0.6) is 5.75 Å². The Balaban J connectivity index is 1.13. The highest BCUT2D eigenvalue weighted by atomic mass is 16.5. The lowest BCUT2D eigenvalue weighted by molar-refractivity contribution is -0.129. The topological polar surface area (TPSA) is 57.0 Å². The van der Waals surface area contributed by atoms with E-state index >= 15 is 0 Å². The number of nitrogens with zero attached hydrogens (tertiary/aromatic N) is 3. The molecule has 1 heterocycles. The fraction of sp³-hybridized carbons (Fsp3) is 0.679. The molecular weight excluding hydrogens is 410 g/mol. The molecule has 6 rings (SSSR count). The number of benzene rings is 1. The predicted octanol–water partition coefficient (Wildman–Crippen LogP) is 5.69. The molecule has 1 aromatic heterocycles. The van der Waals surface area contributed by atoms with Crippen LogP contribution in [0.2, 0.25) is 0 Å². The second-order valence-electron chi connectivity index (χ2n) is 11.4. The highest BCUT2D eigenvalue weighted by Crippen LogP contribution is 2.62. The number of aryl methyl sites for hydroxylation is 2. The van der Waals surface area contributed by atoms with E-state index in [2.05, 4.69) is 41.6 Å². The van der Waals surface area contributed by atoms with Gasteiger partial charge in [-0.15, -0.1) is 5.10 Å². The number of Topliss-reactive ketones (excluding diaryl/α,β-unsaturated/α-hetero) is 1. The minimum atomic E-state index is -0.0964. The van der Waals surface area contributed by atoms with E-state index in [0.717, 1.165) is 44.4 Å². The van der Waals surface area contributed by atoms with Gasteiger partial charge in [0.05, 0.1) is 12.8 Å². The van der Waals surface area contributed by atoms with Gasteiger partial charge in [0, 0.05) is 30.5 Å². The number of hydrogen-bond acceptors (Lipinski definition) is 4. The number of hydrogen-bond donors (Lipinski definition) is 0. The molecule has 5 atom stereocenters. The Labute approximate surface area is 197 Å². The van der Waals surface area contributed by atoms with Gasteiger partial charge in [0.25, 0.3) is 0 Å². The number of unbranched alkanes of at least 4 members (excludes halogenated alkanes) is 1. The molecule has 2 aromatic rings. The Hall–Kier alpha value is -2.17. The Kier molecular flexibility index (Phi) is 5.34. The van der Waals surface area contributed by atoms with E-state index in [0.29, 0.717) is 35.4 Å². The highest BCUT2D eigenvalue weighted by Gasteiger charge is 2.58. The van der Waals surface area contributed by atoms with Crippen LogP contribution in [0.3, 0.4) is 0 Å². The van der Waals surface area contributed by atoms with Crippen molar-refractivity contribution < 1.29 is 9.53 Å². The lowest BCUT2D eigenvalue weighted by Crippen LogP contribution is -2.44. The van der Waals surface area contributed by atoms with E-state index in [-0.39, 0.29) is 5.41 Å². The first-order valence-electron chi connectivity index (χ1n) is 13.2. The lowest BCUT2D eigenvalue weighted by Gasteiger charge is -2.50. The van der Waals surface area contributed by atoms with Crippen LogP contribution < -0.4 is 4.74 Å². The fourth-order valence-corrected chi connectivity index (χ4v) is 7.68. The summed E-state index contributed by atoms with van der Waals surface area (Å²) in [5.41, 5.74) is 4.08. The fourth-order valence-electron chi connectivity index (χ4n) is 7.68. The number of ketones is 1. The summed E-state index contributed by atoms with van der Waals surface area (Å²) in [4.78, 5) is 13.2. The van der Waals surface area contributed by atoms with E-state index in [1.165, 1.54) is 48.9 Å². The van der Waals surface area contributed by atoms with Crippen LogP contribution in [0.25, 0.3) is 0 Å². The summed E-state index contributed by atoms with van der Waals surface area (Å²) in [6.45, 7) is 3.25. The third kappa shape index (κ3) is 3.72. The summed E-state index contributed by atoms with van der Waals surface area (Å²) in [6.07, 6.45) is 13.5. The molecule has 176 valence electrons. The third-order valence-corrected chi connectivity index (χ3v) is 9.54. The van der Waals surface area contributed by atoms with Crippen molar-refractivity contribution in [3.05, 3.63) is 41.2 Å². The van der Waals surface area contributed by atoms with Gasteiger partial charge in [-0.05, 0) is 98.3 Å². The van der Waals surface area contributed by atoms with Gasteiger partial charge in [-0.2, -0.15) is 0 Å². The second kappa shape index (κ2) is 8.25. The van der Waals surface area contributed by atoms with Crippen LogP contribution in [0.15, 0.2) is 24.4 Å². The van der Waals surface area contributed by atoms with Crippen LogP contribution >= 0.6 is 0 Å². The average Bonchev–Trinajstić information content (AvgIpc) is 3.51. The SMILES string of the molecule is COc1ccc2c(c1)CC[C@H]1[C@@H]3[C@H](CCCCn4cc(C5CC5)nn4)CC(=O)[C@@]3(C)CC[C@H]21. The molecule has 3 fully saturated rings. The summed E-state index contributed by atoms with van der Waals surface area (Å²) in [7, 11) is 1.75. The molecule has 3 saturated carbocycles. The third-order valence-electron chi connectivity index (χ3n) is 9.54. The normalized spacial score (nSPS) is 32.8. The number of fused-ring (bicyclic) bond motifs is 5. The first kappa shape index (κ1) is 21.4. The van der Waals surface area contributed by atoms with Gasteiger partial charge in [0.15, 0.2) is 0 Å². The number of carbonyl (C=O) groups is 1. The van der Waals surface area contributed by atoms with Gasteiger partial charge in [-0.3, -0.25) is 9.48 Å². The maximum atomic E-state index is 13.2. The first-order valence-corrected chi connectivity index (χ1v) is 13.2. The number of carbonyl (C=O) groups excluding carboxylic acids is 1. The van der Waals surface area contributed by atoms with Crippen LogP contribution in [-0.4, -0.2) is 27.9 Å². The van der Waals surface area contributed by atoms with Crippen molar-refractivity contribution in [3.63, 3.8) is 0 Å². The molecule has 0 N–H and O–H groups in total. The van der Waals surface area contributed by atoms with Gasteiger partial charge in [-0.1, -0.05) is 24.6 Å². The van der Waals surface area contributed by atoms with E-state index < -0.39 is 0 Å². The van der Waals surface area contributed by atoms with Gasteiger partial charge in [0.1, 0.15) is 11.5 Å². The molecular formula is C28H37N3O2. The zero-order chi connectivity index (χ0) is 22.6. The molecule has 4 aliphatic carbocycles. The Morgan fingerprint density at radius 2 is 2.06 bits per heavy atom. The monoisotopic (exact) mass is 447 g/mol. The van der Waals surface area contributed by atoms with Gasteiger partial charge in [0.2, 0.25) is 0 Å². The summed E-state index contributed by atoms with van der Waals surface area (Å²) >= 11 is 0. The summed E-state index contributed by atoms with van der Waals surface area (Å²) in [5, 5.41) is 8.67. The minimum Gasteiger partial charge on any atom is -0.497 e. The van der Waals surface area contributed by atoms with Crippen LogP contribution in [0.1, 0.15) is 93.4 Å². The molecule has 0 radical (unpaired) electrons.